The second-order valence-corrected chi connectivity index (χ2v) is 6.37. The van der Waals surface area contributed by atoms with Gasteiger partial charge in [-0.3, -0.25) is 4.90 Å². The van der Waals surface area contributed by atoms with E-state index < -0.39 is 0 Å². The first kappa shape index (κ1) is 14.7. The molecule has 5 heteroatoms. The minimum Gasteiger partial charge on any atom is -0.378 e. The summed E-state index contributed by atoms with van der Waals surface area (Å²) < 4.78 is 5.71. The Balaban J connectivity index is 1.79. The number of hydrogen-bond donors (Lipinski definition) is 1. The Bertz CT molecular complexity index is 459. The Labute approximate surface area is 127 Å². The highest BCUT2D eigenvalue weighted by Gasteiger charge is 2.33. The van der Waals surface area contributed by atoms with Crippen LogP contribution in [0.5, 0.6) is 0 Å². The van der Waals surface area contributed by atoms with Crippen molar-refractivity contribution in [1.29, 1.82) is 0 Å². The van der Waals surface area contributed by atoms with Crippen molar-refractivity contribution in [3.8, 4) is 0 Å². The zero-order valence-corrected chi connectivity index (χ0v) is 13.1. The Morgan fingerprint density at radius 1 is 1.33 bits per heavy atom. The summed E-state index contributed by atoms with van der Waals surface area (Å²) in [5, 5.41) is 3.36. The standard InChI is InChI=1S/C16H26N4O/c1-12(2)18-15-7-8-17-16(19-15)14-11-21-10-9-20(14)13-5-3-4-6-13/h7-8,12-14H,3-6,9-11H2,1-2H3,(H,17,18,19)/t14-/m0/s1. The van der Waals surface area contributed by atoms with Crippen LogP contribution in [0.2, 0.25) is 0 Å². The summed E-state index contributed by atoms with van der Waals surface area (Å²) in [4.78, 5) is 11.8. The fourth-order valence-electron chi connectivity index (χ4n) is 3.42. The number of morpholine rings is 1. The van der Waals surface area contributed by atoms with Crippen LogP contribution in [0, 0.1) is 0 Å². The molecule has 0 spiro atoms. The predicted octanol–water partition coefficient (Wildman–Crippen LogP) is 2.61. The maximum Gasteiger partial charge on any atom is 0.150 e. The zero-order valence-electron chi connectivity index (χ0n) is 13.1. The van der Waals surface area contributed by atoms with Gasteiger partial charge >= 0.3 is 0 Å². The third-order valence-electron chi connectivity index (χ3n) is 4.37. The number of ether oxygens (including phenoxy) is 1. The van der Waals surface area contributed by atoms with Crippen molar-refractivity contribution < 1.29 is 4.74 Å². The smallest absolute Gasteiger partial charge is 0.150 e. The van der Waals surface area contributed by atoms with E-state index in [1.54, 1.807) is 0 Å². The van der Waals surface area contributed by atoms with Crippen LogP contribution in [0.4, 0.5) is 5.82 Å². The molecule has 0 aromatic carbocycles. The molecule has 1 atom stereocenters. The predicted molar refractivity (Wildman–Crippen MR) is 83.3 cm³/mol. The fraction of sp³-hybridized carbons (Fsp3) is 0.750. The highest BCUT2D eigenvalue weighted by Crippen LogP contribution is 2.31. The van der Waals surface area contributed by atoms with Crippen molar-refractivity contribution in [2.45, 2.75) is 57.7 Å². The van der Waals surface area contributed by atoms with Crippen LogP contribution in [0.1, 0.15) is 51.4 Å². The van der Waals surface area contributed by atoms with Gasteiger partial charge in [0.25, 0.3) is 0 Å². The molecule has 1 aromatic heterocycles. The van der Waals surface area contributed by atoms with Gasteiger partial charge in [-0.1, -0.05) is 12.8 Å². The number of anilines is 1. The molecule has 1 saturated heterocycles. The molecule has 116 valence electrons. The Morgan fingerprint density at radius 2 is 2.14 bits per heavy atom. The summed E-state index contributed by atoms with van der Waals surface area (Å²) in [7, 11) is 0. The van der Waals surface area contributed by atoms with Crippen LogP contribution in [-0.2, 0) is 4.74 Å². The highest BCUT2D eigenvalue weighted by atomic mass is 16.5. The van der Waals surface area contributed by atoms with Crippen molar-refractivity contribution in [2.24, 2.45) is 0 Å². The van der Waals surface area contributed by atoms with Crippen LogP contribution in [0.3, 0.4) is 0 Å². The van der Waals surface area contributed by atoms with Crippen molar-refractivity contribution in [3.05, 3.63) is 18.1 Å². The van der Waals surface area contributed by atoms with Gasteiger partial charge in [-0.25, -0.2) is 9.97 Å². The number of rotatable bonds is 4. The van der Waals surface area contributed by atoms with Gasteiger partial charge in [0.15, 0.2) is 0 Å². The lowest BCUT2D eigenvalue weighted by Crippen LogP contribution is -2.45. The lowest BCUT2D eigenvalue weighted by atomic mass is 10.1. The molecule has 21 heavy (non-hydrogen) atoms. The Kier molecular flexibility index (Phi) is 4.70. The van der Waals surface area contributed by atoms with Gasteiger partial charge < -0.3 is 10.1 Å². The molecule has 0 unspecified atom stereocenters. The number of nitrogens with one attached hydrogen (secondary N) is 1. The average Bonchev–Trinajstić information content (AvgIpc) is 3.01. The lowest BCUT2D eigenvalue weighted by molar-refractivity contribution is -0.0320. The van der Waals surface area contributed by atoms with E-state index in [1.165, 1.54) is 25.7 Å². The summed E-state index contributed by atoms with van der Waals surface area (Å²) in [6.07, 6.45) is 7.17. The van der Waals surface area contributed by atoms with Crippen LogP contribution in [0.15, 0.2) is 12.3 Å². The normalized spacial score (nSPS) is 24.6. The molecule has 0 radical (unpaired) electrons. The summed E-state index contributed by atoms with van der Waals surface area (Å²) in [5.74, 6) is 1.80. The van der Waals surface area contributed by atoms with Crippen molar-refractivity contribution in [1.82, 2.24) is 14.9 Å². The summed E-state index contributed by atoms with van der Waals surface area (Å²) in [5.41, 5.74) is 0. The highest BCUT2D eigenvalue weighted by molar-refractivity contribution is 5.34. The number of aromatic nitrogens is 2. The van der Waals surface area contributed by atoms with Crippen LogP contribution in [0.25, 0.3) is 0 Å². The molecular formula is C16H26N4O. The van der Waals surface area contributed by atoms with E-state index in [-0.39, 0.29) is 6.04 Å². The molecule has 3 rings (SSSR count). The Morgan fingerprint density at radius 3 is 2.90 bits per heavy atom. The SMILES string of the molecule is CC(C)Nc1ccnc([C@@H]2COCCN2C2CCCC2)n1. The third-order valence-corrected chi connectivity index (χ3v) is 4.37. The van der Waals surface area contributed by atoms with Gasteiger partial charge in [0.2, 0.25) is 0 Å². The van der Waals surface area contributed by atoms with E-state index in [4.69, 9.17) is 9.72 Å². The summed E-state index contributed by atoms with van der Waals surface area (Å²) in [6, 6.07) is 3.20. The average molecular weight is 290 g/mol. The second-order valence-electron chi connectivity index (χ2n) is 6.37. The Hall–Kier alpha value is -1.20. The maximum absolute atomic E-state index is 5.71. The lowest BCUT2D eigenvalue weighted by Gasteiger charge is -2.38. The largest absolute Gasteiger partial charge is 0.378 e. The minimum absolute atomic E-state index is 0.204. The first-order valence-corrected chi connectivity index (χ1v) is 8.17. The van der Waals surface area contributed by atoms with E-state index in [0.717, 1.165) is 24.8 Å². The molecule has 5 nitrogen and oxygen atoms in total. The van der Waals surface area contributed by atoms with Gasteiger partial charge in [0.05, 0.1) is 19.3 Å². The van der Waals surface area contributed by atoms with Gasteiger partial charge in [-0.2, -0.15) is 0 Å². The molecule has 0 bridgehead atoms. The molecule has 1 N–H and O–H groups in total. The topological polar surface area (TPSA) is 50.3 Å². The number of hydrogen-bond acceptors (Lipinski definition) is 5. The fourth-order valence-corrected chi connectivity index (χ4v) is 3.42. The van der Waals surface area contributed by atoms with E-state index >= 15 is 0 Å². The van der Waals surface area contributed by atoms with Gasteiger partial charge in [-0.05, 0) is 32.8 Å². The van der Waals surface area contributed by atoms with Crippen LogP contribution >= 0.6 is 0 Å². The molecule has 2 fully saturated rings. The van der Waals surface area contributed by atoms with Gasteiger partial charge in [0.1, 0.15) is 11.6 Å². The van der Waals surface area contributed by atoms with Gasteiger partial charge in [-0.15, -0.1) is 0 Å². The molecule has 1 aromatic rings. The molecule has 1 aliphatic carbocycles. The number of nitrogens with zero attached hydrogens (tertiary/aromatic N) is 3. The molecule has 2 heterocycles. The van der Waals surface area contributed by atoms with E-state index in [2.05, 4.69) is 29.0 Å². The summed E-state index contributed by atoms with van der Waals surface area (Å²) in [6.45, 7) is 6.78. The molecule has 2 aliphatic rings. The molecule has 1 aliphatic heterocycles. The quantitative estimate of drug-likeness (QED) is 0.923. The van der Waals surface area contributed by atoms with E-state index in [1.807, 2.05) is 12.3 Å². The monoisotopic (exact) mass is 290 g/mol. The van der Waals surface area contributed by atoms with Gasteiger partial charge in [0, 0.05) is 24.8 Å². The van der Waals surface area contributed by atoms with Crippen LogP contribution < -0.4 is 5.32 Å². The third kappa shape index (κ3) is 3.52. The minimum atomic E-state index is 0.204. The van der Waals surface area contributed by atoms with Crippen molar-refractivity contribution in [2.75, 3.05) is 25.1 Å². The van der Waals surface area contributed by atoms with Crippen molar-refractivity contribution >= 4 is 5.82 Å². The molecular weight excluding hydrogens is 264 g/mol. The molecule has 1 saturated carbocycles. The zero-order chi connectivity index (χ0) is 14.7. The maximum atomic E-state index is 5.71. The summed E-state index contributed by atoms with van der Waals surface area (Å²) >= 11 is 0. The second kappa shape index (κ2) is 6.71. The first-order chi connectivity index (χ1) is 10.2. The van der Waals surface area contributed by atoms with Crippen LogP contribution in [-0.4, -0.2) is 46.7 Å². The van der Waals surface area contributed by atoms with E-state index in [9.17, 15) is 0 Å². The first-order valence-electron chi connectivity index (χ1n) is 8.17. The van der Waals surface area contributed by atoms with E-state index in [0.29, 0.717) is 18.7 Å². The molecule has 0 amide bonds. The van der Waals surface area contributed by atoms with Crippen molar-refractivity contribution in [3.63, 3.8) is 0 Å².